The van der Waals surface area contributed by atoms with Gasteiger partial charge < -0.3 is 9.30 Å². The molecule has 2 aliphatic rings. The second-order valence-electron chi connectivity index (χ2n) is 4.59. The van der Waals surface area contributed by atoms with Gasteiger partial charge in [0.25, 0.3) is 5.56 Å². The molecule has 1 aromatic rings. The zero-order valence-corrected chi connectivity index (χ0v) is 11.3. The summed E-state index contributed by atoms with van der Waals surface area (Å²) in [5.41, 5.74) is 2.87. The van der Waals surface area contributed by atoms with E-state index in [0.717, 1.165) is 17.0 Å². The van der Waals surface area contributed by atoms with E-state index in [9.17, 15) is 4.79 Å². The molecule has 0 bridgehead atoms. The lowest BCUT2D eigenvalue weighted by Crippen LogP contribution is -2.14. The molecule has 0 aromatic heterocycles. The van der Waals surface area contributed by atoms with Crippen LogP contribution in [0, 0.1) is 0 Å². The molecule has 100 valence electrons. The maximum Gasteiger partial charge on any atom is 0.279 e. The second-order valence-corrected chi connectivity index (χ2v) is 4.59. The van der Waals surface area contributed by atoms with E-state index >= 15 is 0 Å². The lowest BCUT2D eigenvalue weighted by molar-refractivity contribution is 0.415. The van der Waals surface area contributed by atoms with Gasteiger partial charge in [-0.1, -0.05) is 0 Å². The van der Waals surface area contributed by atoms with Gasteiger partial charge in [-0.05, 0) is 42.5 Å². The van der Waals surface area contributed by atoms with Crippen LogP contribution in [0.3, 0.4) is 0 Å². The Morgan fingerprint density at radius 1 is 1.15 bits per heavy atom. The lowest BCUT2D eigenvalue weighted by atomic mass is 10.1. The van der Waals surface area contributed by atoms with Crippen molar-refractivity contribution in [1.82, 2.24) is 9.55 Å². The van der Waals surface area contributed by atoms with Crippen LogP contribution in [-0.4, -0.2) is 16.7 Å². The molecule has 0 saturated carbocycles. The molecule has 3 rings (SSSR count). The summed E-state index contributed by atoms with van der Waals surface area (Å²) in [5, 5.41) is 0. The van der Waals surface area contributed by atoms with Crippen molar-refractivity contribution in [2.45, 2.75) is 0 Å². The molecule has 4 nitrogen and oxygen atoms in total. The van der Waals surface area contributed by atoms with Crippen LogP contribution in [-0.2, 0) is 7.05 Å². The van der Waals surface area contributed by atoms with Gasteiger partial charge in [0.2, 0.25) is 0 Å². The molecule has 0 amide bonds. The van der Waals surface area contributed by atoms with Gasteiger partial charge in [0.05, 0.1) is 24.1 Å². The molecular formula is C16H14N2O2. The van der Waals surface area contributed by atoms with E-state index in [2.05, 4.69) is 4.98 Å². The Morgan fingerprint density at radius 3 is 2.60 bits per heavy atom. The number of aromatic nitrogens is 2. The monoisotopic (exact) mass is 266 g/mol. The first-order valence-corrected chi connectivity index (χ1v) is 6.30. The highest BCUT2D eigenvalue weighted by Crippen LogP contribution is 2.24. The number of aryl methyl sites for hydroxylation is 1. The Morgan fingerprint density at radius 2 is 1.90 bits per heavy atom. The lowest BCUT2D eigenvalue weighted by Gasteiger charge is -2.11. The van der Waals surface area contributed by atoms with Crippen LogP contribution in [0.1, 0.15) is 0 Å². The van der Waals surface area contributed by atoms with Crippen LogP contribution in [0.15, 0.2) is 53.5 Å². The Hall–Kier alpha value is -2.62. The summed E-state index contributed by atoms with van der Waals surface area (Å²) in [4.78, 5) is 16.3. The van der Waals surface area contributed by atoms with Crippen LogP contribution in [0.4, 0.5) is 0 Å². The van der Waals surface area contributed by atoms with Crippen molar-refractivity contribution in [3.8, 4) is 28.3 Å². The fraction of sp³-hybridized carbons (Fsp3) is 0.125. The van der Waals surface area contributed by atoms with Gasteiger partial charge in [0.15, 0.2) is 0 Å². The number of hydrogen-bond acceptors (Lipinski definition) is 3. The van der Waals surface area contributed by atoms with Gasteiger partial charge in [-0.15, -0.1) is 0 Å². The zero-order valence-electron chi connectivity index (χ0n) is 11.3. The van der Waals surface area contributed by atoms with E-state index < -0.39 is 0 Å². The predicted molar refractivity (Wildman–Crippen MR) is 78.1 cm³/mol. The van der Waals surface area contributed by atoms with E-state index in [1.165, 1.54) is 0 Å². The third-order valence-corrected chi connectivity index (χ3v) is 3.34. The summed E-state index contributed by atoms with van der Waals surface area (Å²) in [5.74, 6) is 0.780. The third kappa shape index (κ3) is 2.05. The van der Waals surface area contributed by atoms with Gasteiger partial charge in [-0.25, -0.2) is 4.98 Å². The minimum absolute atomic E-state index is 0.204. The van der Waals surface area contributed by atoms with Gasteiger partial charge in [-0.3, -0.25) is 4.79 Å². The Labute approximate surface area is 116 Å². The molecule has 2 heterocycles. The maximum atomic E-state index is 12.1. The number of nitrogens with zero attached hydrogens (tertiary/aromatic N) is 2. The number of hydrogen-bond donors (Lipinski definition) is 0. The van der Waals surface area contributed by atoms with E-state index in [1.54, 1.807) is 13.2 Å². The van der Waals surface area contributed by atoms with Gasteiger partial charge in [-0.2, -0.15) is 0 Å². The highest BCUT2D eigenvalue weighted by atomic mass is 16.5. The molecule has 0 spiro atoms. The molecular weight excluding hydrogens is 252 g/mol. The van der Waals surface area contributed by atoms with Crippen LogP contribution in [0.2, 0.25) is 0 Å². The van der Waals surface area contributed by atoms with Crippen LogP contribution >= 0.6 is 0 Å². The molecule has 0 radical (unpaired) electrons. The number of ether oxygens (including phenoxy) is 1. The van der Waals surface area contributed by atoms with Gasteiger partial charge in [0, 0.05) is 18.8 Å². The largest absolute Gasteiger partial charge is 0.497 e. The highest BCUT2D eigenvalue weighted by Gasteiger charge is 2.12. The highest BCUT2D eigenvalue weighted by molar-refractivity contribution is 5.69. The van der Waals surface area contributed by atoms with Crippen molar-refractivity contribution in [2.75, 3.05) is 7.11 Å². The molecule has 0 aliphatic carbocycles. The number of rotatable bonds is 2. The van der Waals surface area contributed by atoms with E-state index in [-0.39, 0.29) is 5.56 Å². The first kappa shape index (κ1) is 12.4. The first-order valence-electron chi connectivity index (χ1n) is 6.30. The summed E-state index contributed by atoms with van der Waals surface area (Å²) in [6.45, 7) is 0. The summed E-state index contributed by atoms with van der Waals surface area (Å²) in [6, 6.07) is 13.1. The van der Waals surface area contributed by atoms with Crippen LogP contribution in [0.5, 0.6) is 5.75 Å². The summed E-state index contributed by atoms with van der Waals surface area (Å²) >= 11 is 0. The topological polar surface area (TPSA) is 44.1 Å². The molecule has 0 unspecified atom stereocenters. The molecule has 4 heteroatoms. The van der Waals surface area contributed by atoms with Crippen molar-refractivity contribution in [1.29, 1.82) is 0 Å². The molecule has 0 fully saturated rings. The smallest absolute Gasteiger partial charge is 0.279 e. The molecule has 0 N–H and O–H groups in total. The van der Waals surface area contributed by atoms with E-state index in [1.807, 2.05) is 54.2 Å². The molecule has 0 saturated heterocycles. The number of methoxy groups -OCH3 is 1. The fourth-order valence-electron chi connectivity index (χ4n) is 2.23. The Kier molecular flexibility index (Phi) is 2.99. The number of fused-ring (bicyclic) bond motifs is 1. The average molecular weight is 266 g/mol. The van der Waals surface area contributed by atoms with Crippen LogP contribution in [0.25, 0.3) is 22.5 Å². The molecule has 20 heavy (non-hydrogen) atoms. The van der Waals surface area contributed by atoms with E-state index in [0.29, 0.717) is 11.3 Å². The SMILES string of the molecule is COc1ccc(-c2cc3n(C)cccc-3c(=O)n2)cc1. The standard InChI is InChI=1S/C16H14N2O2/c1-18-9-3-4-13-15(18)10-14(17-16(13)19)11-5-7-12(20-2)8-6-11/h3-10H,1-2H3. The van der Waals surface area contributed by atoms with Gasteiger partial charge in [0.1, 0.15) is 5.75 Å². The first-order chi connectivity index (χ1) is 9.69. The molecule has 2 aliphatic heterocycles. The quantitative estimate of drug-likeness (QED) is 0.716. The number of pyridine rings is 2. The zero-order chi connectivity index (χ0) is 14.1. The average Bonchev–Trinajstić information content (AvgIpc) is 2.48. The molecule has 1 aromatic carbocycles. The van der Waals surface area contributed by atoms with Gasteiger partial charge >= 0.3 is 0 Å². The molecule has 0 atom stereocenters. The maximum absolute atomic E-state index is 12.1. The number of benzene rings is 1. The Bertz CT molecular complexity index is 775. The minimum atomic E-state index is -0.204. The fourth-order valence-corrected chi connectivity index (χ4v) is 2.23. The third-order valence-electron chi connectivity index (χ3n) is 3.34. The second kappa shape index (κ2) is 4.81. The van der Waals surface area contributed by atoms with Crippen molar-refractivity contribution >= 4 is 0 Å². The van der Waals surface area contributed by atoms with Crippen molar-refractivity contribution in [3.05, 3.63) is 59.0 Å². The van der Waals surface area contributed by atoms with Crippen molar-refractivity contribution < 1.29 is 4.74 Å². The summed E-state index contributed by atoms with van der Waals surface area (Å²) in [7, 11) is 3.54. The van der Waals surface area contributed by atoms with Crippen molar-refractivity contribution in [2.24, 2.45) is 7.05 Å². The normalized spacial score (nSPS) is 10.7. The van der Waals surface area contributed by atoms with Crippen molar-refractivity contribution in [3.63, 3.8) is 0 Å². The predicted octanol–water partition coefficient (Wildman–Crippen LogP) is 2.56. The Balaban J connectivity index is 2.19. The van der Waals surface area contributed by atoms with E-state index in [4.69, 9.17) is 4.74 Å². The minimum Gasteiger partial charge on any atom is -0.497 e. The van der Waals surface area contributed by atoms with Crippen LogP contribution < -0.4 is 10.3 Å². The summed E-state index contributed by atoms with van der Waals surface area (Å²) < 4.78 is 7.05. The summed E-state index contributed by atoms with van der Waals surface area (Å²) in [6.07, 6.45) is 1.92.